The van der Waals surface area contributed by atoms with Crippen LogP contribution in [0.2, 0.25) is 0 Å². The molecule has 0 unspecified atom stereocenters. The summed E-state index contributed by atoms with van der Waals surface area (Å²) in [7, 11) is 1.77. The molecule has 0 spiro atoms. The number of amides is 3. The maximum Gasteiger partial charge on any atom is 0.319 e. The van der Waals surface area contributed by atoms with Crippen LogP contribution in [0.1, 0.15) is 25.8 Å². The van der Waals surface area contributed by atoms with Gasteiger partial charge < -0.3 is 15.5 Å². The number of nitrogens with zero attached hydrogens (tertiary/aromatic N) is 1. The Morgan fingerprint density at radius 3 is 2.27 bits per heavy atom. The van der Waals surface area contributed by atoms with Crippen LogP contribution < -0.4 is 15.5 Å². The first kappa shape index (κ1) is 19.5. The molecule has 138 valence electrons. The zero-order valence-electron chi connectivity index (χ0n) is 15.7. The van der Waals surface area contributed by atoms with E-state index in [9.17, 15) is 9.59 Å². The second-order valence-corrected chi connectivity index (χ2v) is 6.73. The first-order valence-electron chi connectivity index (χ1n) is 8.91. The highest BCUT2D eigenvalue weighted by atomic mass is 16.2. The van der Waals surface area contributed by atoms with E-state index in [1.54, 1.807) is 11.9 Å². The third-order valence-electron chi connectivity index (χ3n) is 4.09. The van der Waals surface area contributed by atoms with E-state index >= 15 is 0 Å². The van der Waals surface area contributed by atoms with Crippen molar-refractivity contribution in [2.24, 2.45) is 5.92 Å². The number of benzene rings is 2. The average Bonchev–Trinajstić information content (AvgIpc) is 2.63. The summed E-state index contributed by atoms with van der Waals surface area (Å²) in [5.41, 5.74) is 2.48. The first-order valence-corrected chi connectivity index (χ1v) is 8.91. The smallest absolute Gasteiger partial charge is 0.319 e. The molecule has 0 radical (unpaired) electrons. The van der Waals surface area contributed by atoms with E-state index in [1.165, 1.54) is 0 Å². The molecule has 0 heterocycles. The van der Waals surface area contributed by atoms with Crippen molar-refractivity contribution in [3.63, 3.8) is 0 Å². The zero-order valence-corrected chi connectivity index (χ0v) is 15.7. The molecule has 26 heavy (non-hydrogen) atoms. The lowest BCUT2D eigenvalue weighted by Gasteiger charge is -2.17. The number of carbonyl (C=O) groups is 2. The Morgan fingerprint density at radius 2 is 1.65 bits per heavy atom. The van der Waals surface area contributed by atoms with Gasteiger partial charge in [-0.2, -0.15) is 0 Å². The molecule has 3 amide bonds. The molecule has 2 aromatic carbocycles. The summed E-state index contributed by atoms with van der Waals surface area (Å²) in [5, 5.41) is 5.63. The van der Waals surface area contributed by atoms with Crippen LogP contribution in [-0.2, 0) is 11.2 Å². The molecule has 0 aliphatic rings. The summed E-state index contributed by atoms with van der Waals surface area (Å²) >= 11 is 0. The molecule has 0 bridgehead atoms. The zero-order chi connectivity index (χ0) is 18.9. The van der Waals surface area contributed by atoms with E-state index in [4.69, 9.17) is 0 Å². The lowest BCUT2D eigenvalue weighted by molar-refractivity contribution is -0.117. The van der Waals surface area contributed by atoms with Gasteiger partial charge in [0.1, 0.15) is 0 Å². The van der Waals surface area contributed by atoms with Gasteiger partial charge in [-0.3, -0.25) is 4.79 Å². The highest BCUT2D eigenvalue weighted by molar-refractivity contribution is 5.94. The molecular formula is C21H27N3O2. The van der Waals surface area contributed by atoms with Crippen molar-refractivity contribution in [3.8, 4) is 0 Å². The third-order valence-corrected chi connectivity index (χ3v) is 4.09. The Morgan fingerprint density at radius 1 is 1.00 bits per heavy atom. The van der Waals surface area contributed by atoms with Crippen molar-refractivity contribution in [1.82, 2.24) is 5.32 Å². The van der Waals surface area contributed by atoms with Crippen molar-refractivity contribution in [1.29, 1.82) is 0 Å². The summed E-state index contributed by atoms with van der Waals surface area (Å²) in [6.07, 6.45) is 1.26. The molecule has 0 fully saturated rings. The second-order valence-electron chi connectivity index (χ2n) is 6.73. The number of para-hydroxylation sites is 1. The molecule has 5 nitrogen and oxygen atoms in total. The van der Waals surface area contributed by atoms with Gasteiger partial charge in [0, 0.05) is 25.0 Å². The minimum Gasteiger partial charge on any atom is -0.338 e. The van der Waals surface area contributed by atoms with Crippen molar-refractivity contribution in [3.05, 3.63) is 60.2 Å². The van der Waals surface area contributed by atoms with E-state index in [-0.39, 0.29) is 11.9 Å². The number of rotatable bonds is 7. The van der Waals surface area contributed by atoms with Gasteiger partial charge in [-0.1, -0.05) is 44.2 Å². The van der Waals surface area contributed by atoms with Crippen LogP contribution in [0, 0.1) is 5.92 Å². The Kier molecular flexibility index (Phi) is 7.21. The van der Waals surface area contributed by atoms with Gasteiger partial charge in [-0.05, 0) is 42.2 Å². The van der Waals surface area contributed by atoms with E-state index in [0.29, 0.717) is 24.6 Å². The summed E-state index contributed by atoms with van der Waals surface area (Å²) in [5.74, 6) is 0.574. The Balaban J connectivity index is 1.85. The molecular weight excluding hydrogens is 326 g/mol. The van der Waals surface area contributed by atoms with E-state index in [0.717, 1.165) is 17.7 Å². The fourth-order valence-corrected chi connectivity index (χ4v) is 2.44. The summed E-state index contributed by atoms with van der Waals surface area (Å²) in [6, 6.07) is 16.7. The normalized spacial score (nSPS) is 10.5. The standard InChI is InChI=1S/C21H27N3O2/c1-16(2)13-14-22-21(26)23-18-11-9-17(10-12-18)15-20(25)24(3)19-7-5-4-6-8-19/h4-12,16H,13-15H2,1-3H3,(H2,22,23,26). The lowest BCUT2D eigenvalue weighted by Crippen LogP contribution is -2.30. The number of carbonyl (C=O) groups excluding carboxylic acids is 2. The maximum atomic E-state index is 12.4. The number of likely N-dealkylation sites (N-methyl/N-ethyl adjacent to an activating group) is 1. The van der Waals surface area contributed by atoms with Crippen LogP contribution in [0.4, 0.5) is 16.2 Å². The summed E-state index contributed by atoms with van der Waals surface area (Å²) in [6.45, 7) is 4.89. The number of urea groups is 1. The predicted molar refractivity (Wildman–Crippen MR) is 106 cm³/mol. The highest BCUT2D eigenvalue weighted by Gasteiger charge is 2.11. The Hall–Kier alpha value is -2.82. The van der Waals surface area contributed by atoms with Crippen molar-refractivity contribution in [2.45, 2.75) is 26.7 Å². The van der Waals surface area contributed by atoms with Crippen molar-refractivity contribution >= 4 is 23.3 Å². The molecule has 2 aromatic rings. The van der Waals surface area contributed by atoms with Crippen LogP contribution >= 0.6 is 0 Å². The largest absolute Gasteiger partial charge is 0.338 e. The predicted octanol–water partition coefficient (Wildman–Crippen LogP) is 4.06. The molecule has 0 aromatic heterocycles. The van der Waals surface area contributed by atoms with Crippen LogP contribution in [0.3, 0.4) is 0 Å². The van der Waals surface area contributed by atoms with Gasteiger partial charge in [0.25, 0.3) is 0 Å². The van der Waals surface area contributed by atoms with Gasteiger partial charge in [-0.15, -0.1) is 0 Å². The average molecular weight is 353 g/mol. The molecule has 0 aliphatic carbocycles. The van der Waals surface area contributed by atoms with Crippen LogP contribution in [0.15, 0.2) is 54.6 Å². The van der Waals surface area contributed by atoms with Gasteiger partial charge in [0.2, 0.25) is 5.91 Å². The van der Waals surface area contributed by atoms with Crippen LogP contribution in [0.5, 0.6) is 0 Å². The number of hydrogen-bond donors (Lipinski definition) is 2. The minimum absolute atomic E-state index is 0.0170. The van der Waals surface area contributed by atoms with E-state index in [1.807, 2.05) is 54.6 Å². The summed E-state index contributed by atoms with van der Waals surface area (Å²) in [4.78, 5) is 25.9. The number of hydrogen-bond acceptors (Lipinski definition) is 2. The lowest BCUT2D eigenvalue weighted by atomic mass is 10.1. The molecule has 0 saturated carbocycles. The van der Waals surface area contributed by atoms with Gasteiger partial charge in [0.15, 0.2) is 0 Å². The van der Waals surface area contributed by atoms with E-state index in [2.05, 4.69) is 24.5 Å². The van der Waals surface area contributed by atoms with Gasteiger partial charge >= 0.3 is 6.03 Å². The van der Waals surface area contributed by atoms with Crippen LogP contribution in [-0.4, -0.2) is 25.5 Å². The minimum atomic E-state index is -0.210. The fraction of sp³-hybridized carbons (Fsp3) is 0.333. The van der Waals surface area contributed by atoms with Gasteiger partial charge in [-0.25, -0.2) is 4.79 Å². The summed E-state index contributed by atoms with van der Waals surface area (Å²) < 4.78 is 0. The highest BCUT2D eigenvalue weighted by Crippen LogP contribution is 2.15. The topological polar surface area (TPSA) is 61.4 Å². The maximum absolute atomic E-state index is 12.4. The number of nitrogens with one attached hydrogen (secondary N) is 2. The Labute approximate surface area is 155 Å². The molecule has 0 saturated heterocycles. The fourth-order valence-electron chi connectivity index (χ4n) is 2.44. The Bertz CT molecular complexity index is 712. The molecule has 0 atom stereocenters. The van der Waals surface area contributed by atoms with Crippen LogP contribution in [0.25, 0.3) is 0 Å². The molecule has 2 N–H and O–H groups in total. The van der Waals surface area contributed by atoms with Crippen molar-refractivity contribution in [2.75, 3.05) is 23.8 Å². The first-order chi connectivity index (χ1) is 12.5. The quantitative estimate of drug-likeness (QED) is 0.788. The third kappa shape index (κ3) is 6.24. The second kappa shape index (κ2) is 9.61. The SMILES string of the molecule is CC(C)CCNC(=O)Nc1ccc(CC(=O)N(C)c2ccccc2)cc1. The monoisotopic (exact) mass is 353 g/mol. The molecule has 2 rings (SSSR count). The molecule has 0 aliphatic heterocycles. The van der Waals surface area contributed by atoms with E-state index < -0.39 is 0 Å². The molecule has 5 heteroatoms. The van der Waals surface area contributed by atoms with Crippen molar-refractivity contribution < 1.29 is 9.59 Å². The van der Waals surface area contributed by atoms with Gasteiger partial charge in [0.05, 0.1) is 6.42 Å². The number of anilines is 2.